The van der Waals surface area contributed by atoms with Crippen LogP contribution in [0.4, 0.5) is 0 Å². The third-order valence-corrected chi connectivity index (χ3v) is 2.60. The normalized spacial score (nSPS) is 10.4. The summed E-state index contributed by atoms with van der Waals surface area (Å²) < 4.78 is 1.93. The summed E-state index contributed by atoms with van der Waals surface area (Å²) in [6.07, 6.45) is 1.79. The topological polar surface area (TPSA) is 34.9 Å². The third-order valence-electron chi connectivity index (χ3n) is 2.60. The van der Waals surface area contributed by atoms with Gasteiger partial charge in [0.15, 0.2) is 5.78 Å². The number of carbonyl (C=O) groups excluding carboxylic acids is 1. The average molecular weight is 214 g/mol. The molecule has 1 heterocycles. The fraction of sp³-hybridized carbons (Fsp3) is 0.231. The smallest absolute Gasteiger partial charge is 0.159 e. The third kappa shape index (κ3) is 1.89. The second-order valence-electron chi connectivity index (χ2n) is 3.67. The highest BCUT2D eigenvalue weighted by atomic mass is 16.1. The Morgan fingerprint density at radius 3 is 2.50 bits per heavy atom. The van der Waals surface area contributed by atoms with Crippen molar-refractivity contribution in [3.63, 3.8) is 0 Å². The molecule has 0 aliphatic heterocycles. The van der Waals surface area contributed by atoms with Crippen LogP contribution in [0, 0.1) is 0 Å². The Morgan fingerprint density at radius 2 is 1.94 bits per heavy atom. The Morgan fingerprint density at radius 1 is 1.25 bits per heavy atom. The van der Waals surface area contributed by atoms with Crippen molar-refractivity contribution in [2.75, 3.05) is 0 Å². The second kappa shape index (κ2) is 4.31. The fourth-order valence-electron chi connectivity index (χ4n) is 1.71. The second-order valence-corrected chi connectivity index (χ2v) is 3.67. The molecule has 0 bridgehead atoms. The van der Waals surface area contributed by atoms with Crippen LogP contribution in [0.15, 0.2) is 36.5 Å². The number of ketones is 1. The van der Waals surface area contributed by atoms with E-state index in [1.54, 1.807) is 13.1 Å². The molecule has 3 heteroatoms. The molecule has 0 unspecified atom stereocenters. The van der Waals surface area contributed by atoms with Gasteiger partial charge in [0.2, 0.25) is 0 Å². The summed E-state index contributed by atoms with van der Waals surface area (Å²) in [6, 6.07) is 9.60. The quantitative estimate of drug-likeness (QED) is 0.736. The summed E-state index contributed by atoms with van der Waals surface area (Å²) in [5.74, 6) is 0.0931. The van der Waals surface area contributed by atoms with E-state index >= 15 is 0 Å². The summed E-state index contributed by atoms with van der Waals surface area (Å²) in [4.78, 5) is 11.1. The molecule has 0 radical (unpaired) electrons. The predicted octanol–water partition coefficient (Wildman–Crippen LogP) is 2.77. The van der Waals surface area contributed by atoms with Crippen LogP contribution in [-0.4, -0.2) is 15.6 Å². The van der Waals surface area contributed by atoms with Gasteiger partial charge in [-0.25, -0.2) is 0 Å². The first-order chi connectivity index (χ1) is 7.72. The standard InChI is InChI=1S/C13H14N2O/c1-3-15-13(8-9-14-15)12-6-4-11(5-7-12)10(2)16/h4-9H,3H2,1-2H3. The Labute approximate surface area is 94.7 Å². The van der Waals surface area contributed by atoms with Gasteiger partial charge < -0.3 is 0 Å². The molecule has 0 atom stereocenters. The van der Waals surface area contributed by atoms with Crippen molar-refractivity contribution < 1.29 is 4.79 Å². The molecular formula is C13H14N2O. The van der Waals surface area contributed by atoms with Gasteiger partial charge in [0, 0.05) is 18.3 Å². The minimum Gasteiger partial charge on any atom is -0.295 e. The van der Waals surface area contributed by atoms with Gasteiger partial charge in [-0.3, -0.25) is 9.48 Å². The number of rotatable bonds is 3. The van der Waals surface area contributed by atoms with Crippen LogP contribution < -0.4 is 0 Å². The summed E-state index contributed by atoms with van der Waals surface area (Å²) in [7, 11) is 0. The van der Waals surface area contributed by atoms with Crippen LogP contribution in [0.5, 0.6) is 0 Å². The summed E-state index contributed by atoms with van der Waals surface area (Å²) >= 11 is 0. The molecule has 1 aromatic heterocycles. The van der Waals surface area contributed by atoms with Gasteiger partial charge in [-0.1, -0.05) is 24.3 Å². The maximum atomic E-state index is 11.1. The lowest BCUT2D eigenvalue weighted by Crippen LogP contribution is -1.99. The number of hydrogen-bond acceptors (Lipinski definition) is 2. The molecule has 3 nitrogen and oxygen atoms in total. The highest BCUT2D eigenvalue weighted by molar-refractivity contribution is 5.94. The lowest BCUT2D eigenvalue weighted by atomic mass is 10.1. The van der Waals surface area contributed by atoms with Gasteiger partial charge in [0.25, 0.3) is 0 Å². The fourth-order valence-corrected chi connectivity index (χ4v) is 1.71. The molecule has 2 rings (SSSR count). The highest BCUT2D eigenvalue weighted by Gasteiger charge is 2.04. The number of nitrogens with zero attached hydrogens (tertiary/aromatic N) is 2. The molecule has 0 aliphatic rings. The highest BCUT2D eigenvalue weighted by Crippen LogP contribution is 2.19. The molecule has 0 aliphatic carbocycles. The largest absolute Gasteiger partial charge is 0.295 e. The molecule has 0 saturated carbocycles. The molecule has 16 heavy (non-hydrogen) atoms. The maximum Gasteiger partial charge on any atom is 0.159 e. The molecule has 0 fully saturated rings. The van der Waals surface area contributed by atoms with E-state index in [2.05, 4.69) is 12.0 Å². The van der Waals surface area contributed by atoms with Gasteiger partial charge in [-0.2, -0.15) is 5.10 Å². The van der Waals surface area contributed by atoms with E-state index in [0.717, 1.165) is 23.4 Å². The first-order valence-electron chi connectivity index (χ1n) is 5.35. The van der Waals surface area contributed by atoms with Gasteiger partial charge in [-0.05, 0) is 25.5 Å². The number of Topliss-reactive ketones (excluding diaryl/α,β-unsaturated/α-hetero) is 1. The Balaban J connectivity index is 2.38. The zero-order valence-electron chi connectivity index (χ0n) is 9.47. The first-order valence-corrected chi connectivity index (χ1v) is 5.35. The van der Waals surface area contributed by atoms with Crippen molar-refractivity contribution >= 4 is 5.78 Å². The summed E-state index contributed by atoms with van der Waals surface area (Å²) in [6.45, 7) is 4.47. The summed E-state index contributed by atoms with van der Waals surface area (Å²) in [5.41, 5.74) is 2.91. The van der Waals surface area contributed by atoms with Crippen LogP contribution in [0.25, 0.3) is 11.3 Å². The van der Waals surface area contributed by atoms with Crippen molar-refractivity contribution in [2.24, 2.45) is 0 Å². The maximum absolute atomic E-state index is 11.1. The Kier molecular flexibility index (Phi) is 2.86. The van der Waals surface area contributed by atoms with E-state index < -0.39 is 0 Å². The van der Waals surface area contributed by atoms with Crippen LogP contribution in [0.3, 0.4) is 0 Å². The van der Waals surface area contributed by atoms with E-state index in [1.165, 1.54) is 0 Å². The number of aromatic nitrogens is 2. The minimum absolute atomic E-state index is 0.0931. The zero-order chi connectivity index (χ0) is 11.5. The van der Waals surface area contributed by atoms with Crippen molar-refractivity contribution in [3.8, 4) is 11.3 Å². The van der Waals surface area contributed by atoms with E-state index in [4.69, 9.17) is 0 Å². The average Bonchev–Trinajstić information content (AvgIpc) is 2.77. The van der Waals surface area contributed by atoms with Crippen molar-refractivity contribution in [1.29, 1.82) is 0 Å². The molecule has 1 aromatic carbocycles. The van der Waals surface area contributed by atoms with Crippen LogP contribution in [0.2, 0.25) is 0 Å². The SMILES string of the molecule is CCn1nccc1-c1ccc(C(C)=O)cc1. The van der Waals surface area contributed by atoms with Crippen molar-refractivity contribution in [1.82, 2.24) is 9.78 Å². The lowest BCUT2D eigenvalue weighted by molar-refractivity contribution is 0.101. The molecular weight excluding hydrogens is 200 g/mol. The van der Waals surface area contributed by atoms with E-state index in [-0.39, 0.29) is 5.78 Å². The van der Waals surface area contributed by atoms with Crippen LogP contribution in [-0.2, 0) is 6.54 Å². The number of aryl methyl sites for hydroxylation is 1. The van der Waals surface area contributed by atoms with Crippen molar-refractivity contribution in [3.05, 3.63) is 42.1 Å². The predicted molar refractivity (Wildman–Crippen MR) is 63.3 cm³/mol. The van der Waals surface area contributed by atoms with E-state index in [0.29, 0.717) is 0 Å². The molecule has 0 saturated heterocycles. The zero-order valence-corrected chi connectivity index (χ0v) is 9.47. The van der Waals surface area contributed by atoms with Crippen LogP contribution in [0.1, 0.15) is 24.2 Å². The van der Waals surface area contributed by atoms with E-state index in [1.807, 2.05) is 35.0 Å². The van der Waals surface area contributed by atoms with Gasteiger partial charge in [-0.15, -0.1) is 0 Å². The first kappa shape index (κ1) is 10.6. The van der Waals surface area contributed by atoms with E-state index in [9.17, 15) is 4.79 Å². The monoisotopic (exact) mass is 214 g/mol. The number of hydrogen-bond donors (Lipinski definition) is 0. The molecule has 2 aromatic rings. The van der Waals surface area contributed by atoms with Gasteiger partial charge in [0.05, 0.1) is 5.69 Å². The lowest BCUT2D eigenvalue weighted by Gasteiger charge is -2.05. The Bertz CT molecular complexity index is 497. The molecule has 82 valence electrons. The molecule has 0 spiro atoms. The minimum atomic E-state index is 0.0931. The van der Waals surface area contributed by atoms with Gasteiger partial charge in [0.1, 0.15) is 0 Å². The van der Waals surface area contributed by atoms with Gasteiger partial charge >= 0.3 is 0 Å². The number of carbonyl (C=O) groups is 1. The van der Waals surface area contributed by atoms with Crippen LogP contribution >= 0.6 is 0 Å². The Hall–Kier alpha value is -1.90. The summed E-state index contributed by atoms with van der Waals surface area (Å²) in [5, 5.41) is 4.22. The molecule has 0 N–H and O–H groups in total. The molecule has 0 amide bonds. The van der Waals surface area contributed by atoms with Crippen molar-refractivity contribution in [2.45, 2.75) is 20.4 Å². The number of benzene rings is 1.